The molecule has 0 aliphatic heterocycles. The lowest BCUT2D eigenvalue weighted by atomic mass is 9.92. The molecule has 2 heteroatoms. The summed E-state index contributed by atoms with van der Waals surface area (Å²) in [6.45, 7) is 8.70. The van der Waals surface area contributed by atoms with Crippen LogP contribution in [0.2, 0.25) is 0 Å². The number of hydrogen-bond donors (Lipinski definition) is 0. The minimum atomic E-state index is 0.0325. The van der Waals surface area contributed by atoms with Crippen molar-refractivity contribution in [2.75, 3.05) is 0 Å². The molecule has 0 amide bonds. The molecule has 0 fully saturated rings. The first-order valence-electron chi connectivity index (χ1n) is 9.27. The van der Waals surface area contributed by atoms with E-state index in [1.807, 2.05) is 24.3 Å². The molecular weight excluding hydrogens is 318 g/mol. The summed E-state index contributed by atoms with van der Waals surface area (Å²) < 4.78 is 0. The monoisotopic (exact) mass is 341 g/mol. The van der Waals surface area contributed by atoms with Gasteiger partial charge in [-0.1, -0.05) is 82.3 Å². The van der Waals surface area contributed by atoms with Crippen molar-refractivity contribution in [2.24, 2.45) is 4.99 Å². The number of Topliss-reactive ketones (excluding diaryl/α,β-unsaturated/α-hetero) is 1. The fourth-order valence-corrected chi connectivity index (χ4v) is 3.84. The molecule has 0 aromatic heterocycles. The average molecular weight is 341 g/mol. The molecule has 0 atom stereocenters. The number of hydrogen-bond acceptors (Lipinski definition) is 2. The highest BCUT2D eigenvalue weighted by atomic mass is 16.1. The van der Waals surface area contributed by atoms with Gasteiger partial charge < -0.3 is 0 Å². The van der Waals surface area contributed by atoms with Crippen LogP contribution >= 0.6 is 0 Å². The summed E-state index contributed by atoms with van der Waals surface area (Å²) in [5.41, 5.74) is 5.65. The first-order valence-corrected chi connectivity index (χ1v) is 9.27. The maximum Gasteiger partial charge on any atom is 0.212 e. The quantitative estimate of drug-likeness (QED) is 0.541. The van der Waals surface area contributed by atoms with E-state index in [1.165, 1.54) is 11.1 Å². The topological polar surface area (TPSA) is 29.4 Å². The predicted octanol–water partition coefficient (Wildman–Crippen LogP) is 6.40. The third-order valence-electron chi connectivity index (χ3n) is 5.19. The van der Waals surface area contributed by atoms with E-state index in [4.69, 9.17) is 4.99 Å². The number of para-hydroxylation sites is 1. The Hall–Kier alpha value is -2.74. The van der Waals surface area contributed by atoms with Gasteiger partial charge >= 0.3 is 0 Å². The summed E-state index contributed by atoms with van der Waals surface area (Å²) in [7, 11) is 0. The number of nitrogens with zero attached hydrogens (tertiary/aromatic N) is 1. The standard InChI is InChI=1S/C24H23NO/c1-14(2)17-10-7-11-18(15(3)4)22(17)25-23-19-12-5-8-16-9-6-13-20(21(16)19)24(23)26/h5-15H,1-4H3/b25-23+. The maximum absolute atomic E-state index is 13.1. The Morgan fingerprint density at radius 2 is 1.27 bits per heavy atom. The second-order valence-electron chi connectivity index (χ2n) is 7.59. The molecule has 0 radical (unpaired) electrons. The molecule has 0 N–H and O–H groups in total. The van der Waals surface area contributed by atoms with Crippen LogP contribution < -0.4 is 0 Å². The zero-order chi connectivity index (χ0) is 18.4. The molecule has 130 valence electrons. The number of ketones is 1. The number of carbonyl (C=O) groups is 1. The van der Waals surface area contributed by atoms with Crippen LogP contribution in [0.5, 0.6) is 0 Å². The summed E-state index contributed by atoms with van der Waals surface area (Å²) in [6.07, 6.45) is 0. The smallest absolute Gasteiger partial charge is 0.212 e. The van der Waals surface area contributed by atoms with E-state index in [1.54, 1.807) is 0 Å². The Morgan fingerprint density at radius 1 is 0.731 bits per heavy atom. The summed E-state index contributed by atoms with van der Waals surface area (Å²) >= 11 is 0. The van der Waals surface area contributed by atoms with Crippen LogP contribution in [-0.2, 0) is 0 Å². The van der Waals surface area contributed by atoms with Gasteiger partial charge in [0.05, 0.1) is 5.69 Å². The summed E-state index contributed by atoms with van der Waals surface area (Å²) in [5, 5.41) is 2.13. The second-order valence-corrected chi connectivity index (χ2v) is 7.59. The maximum atomic E-state index is 13.1. The Morgan fingerprint density at radius 3 is 1.85 bits per heavy atom. The highest BCUT2D eigenvalue weighted by Gasteiger charge is 2.29. The van der Waals surface area contributed by atoms with Crippen LogP contribution in [-0.4, -0.2) is 11.5 Å². The molecule has 0 unspecified atom stereocenters. The third-order valence-corrected chi connectivity index (χ3v) is 5.19. The molecule has 0 spiro atoms. The van der Waals surface area contributed by atoms with Crippen molar-refractivity contribution in [3.8, 4) is 0 Å². The van der Waals surface area contributed by atoms with E-state index in [2.05, 4.69) is 58.0 Å². The van der Waals surface area contributed by atoms with E-state index >= 15 is 0 Å². The summed E-state index contributed by atoms with van der Waals surface area (Å²) in [5.74, 6) is 0.732. The fraction of sp³-hybridized carbons (Fsp3) is 0.250. The molecule has 2 nitrogen and oxygen atoms in total. The molecule has 0 saturated carbocycles. The normalized spacial score (nSPS) is 15.0. The summed E-state index contributed by atoms with van der Waals surface area (Å²) in [4.78, 5) is 18.1. The molecule has 1 aliphatic rings. The van der Waals surface area contributed by atoms with Crippen LogP contribution in [0.3, 0.4) is 0 Å². The van der Waals surface area contributed by atoms with Crippen molar-refractivity contribution in [3.05, 3.63) is 76.9 Å². The van der Waals surface area contributed by atoms with Gasteiger partial charge in [0.1, 0.15) is 5.71 Å². The Bertz CT molecular complexity index is 1030. The SMILES string of the molecule is CC(C)c1cccc(C(C)C)c1/N=C1/C(=O)c2cccc3cccc1c23. The number of rotatable bonds is 3. The minimum absolute atomic E-state index is 0.0325. The van der Waals surface area contributed by atoms with Gasteiger partial charge in [0.2, 0.25) is 5.78 Å². The van der Waals surface area contributed by atoms with E-state index in [-0.39, 0.29) is 5.78 Å². The summed E-state index contributed by atoms with van der Waals surface area (Å²) in [6, 6.07) is 18.3. The molecular formula is C24H23NO. The van der Waals surface area contributed by atoms with Gasteiger partial charge in [0.15, 0.2) is 0 Å². The van der Waals surface area contributed by atoms with Crippen molar-refractivity contribution in [1.29, 1.82) is 0 Å². The lowest BCUT2D eigenvalue weighted by molar-refractivity contribution is 0.107. The Labute approximate surface area is 154 Å². The van der Waals surface area contributed by atoms with Gasteiger partial charge in [-0.3, -0.25) is 4.79 Å². The lowest BCUT2D eigenvalue weighted by Crippen LogP contribution is -2.09. The number of carbonyl (C=O) groups excluding carboxylic acids is 1. The molecule has 4 rings (SSSR count). The van der Waals surface area contributed by atoms with Gasteiger partial charge in [0.25, 0.3) is 0 Å². The molecule has 3 aromatic rings. The highest BCUT2D eigenvalue weighted by Crippen LogP contribution is 2.38. The van der Waals surface area contributed by atoms with Crippen molar-refractivity contribution in [2.45, 2.75) is 39.5 Å². The minimum Gasteiger partial charge on any atom is -0.287 e. The largest absolute Gasteiger partial charge is 0.287 e. The lowest BCUT2D eigenvalue weighted by Gasteiger charge is -2.17. The molecule has 26 heavy (non-hydrogen) atoms. The van der Waals surface area contributed by atoms with Crippen molar-refractivity contribution in [3.63, 3.8) is 0 Å². The first-order chi connectivity index (χ1) is 12.5. The second kappa shape index (κ2) is 6.21. The van der Waals surface area contributed by atoms with E-state index in [9.17, 15) is 4.79 Å². The average Bonchev–Trinajstić information content (AvgIpc) is 2.90. The molecule has 0 heterocycles. The Balaban J connectivity index is 2.00. The Kier molecular flexibility index (Phi) is 3.99. The van der Waals surface area contributed by atoms with Crippen LogP contribution in [0, 0.1) is 0 Å². The number of aliphatic imine (C=N–C) groups is 1. The molecule has 0 saturated heterocycles. The van der Waals surface area contributed by atoms with E-state index in [0.717, 1.165) is 27.6 Å². The highest BCUT2D eigenvalue weighted by molar-refractivity contribution is 6.59. The van der Waals surface area contributed by atoms with Crippen molar-refractivity contribution in [1.82, 2.24) is 0 Å². The van der Waals surface area contributed by atoms with Gasteiger partial charge in [-0.25, -0.2) is 4.99 Å². The number of benzene rings is 3. The van der Waals surface area contributed by atoms with Crippen LogP contribution in [0.4, 0.5) is 5.69 Å². The molecule has 0 bridgehead atoms. The van der Waals surface area contributed by atoms with Gasteiger partial charge in [-0.05, 0) is 28.3 Å². The molecule has 1 aliphatic carbocycles. The van der Waals surface area contributed by atoms with Crippen LogP contribution in [0.15, 0.2) is 59.6 Å². The zero-order valence-electron chi connectivity index (χ0n) is 15.7. The van der Waals surface area contributed by atoms with E-state index in [0.29, 0.717) is 17.5 Å². The van der Waals surface area contributed by atoms with Crippen LogP contribution in [0.25, 0.3) is 10.8 Å². The van der Waals surface area contributed by atoms with Crippen LogP contribution in [0.1, 0.15) is 66.6 Å². The van der Waals surface area contributed by atoms with Crippen molar-refractivity contribution < 1.29 is 4.79 Å². The van der Waals surface area contributed by atoms with Gasteiger partial charge in [0, 0.05) is 16.5 Å². The fourth-order valence-electron chi connectivity index (χ4n) is 3.84. The van der Waals surface area contributed by atoms with Crippen molar-refractivity contribution >= 4 is 28.0 Å². The first kappa shape index (κ1) is 16.7. The molecule has 3 aromatic carbocycles. The van der Waals surface area contributed by atoms with Gasteiger partial charge in [-0.15, -0.1) is 0 Å². The third kappa shape index (κ3) is 2.48. The van der Waals surface area contributed by atoms with E-state index < -0.39 is 0 Å². The van der Waals surface area contributed by atoms with Gasteiger partial charge in [-0.2, -0.15) is 0 Å². The zero-order valence-corrected chi connectivity index (χ0v) is 15.7. The predicted molar refractivity (Wildman–Crippen MR) is 109 cm³/mol.